The molecule has 0 aromatic heterocycles. The Hall–Kier alpha value is -1.36. The number of carbonyl (C=O) groups is 2. The fourth-order valence-corrected chi connectivity index (χ4v) is 1.73. The number of ether oxygens (including phenoxy) is 1. The summed E-state index contributed by atoms with van der Waals surface area (Å²) in [6.07, 6.45) is 3.82. The second kappa shape index (κ2) is 5.50. The van der Waals surface area contributed by atoms with Gasteiger partial charge < -0.3 is 14.7 Å². The molecule has 1 aliphatic rings. The van der Waals surface area contributed by atoms with Crippen molar-refractivity contribution in [2.24, 2.45) is 0 Å². The minimum Gasteiger partial charge on any atom is -0.478 e. The molecule has 0 aliphatic carbocycles. The standard InChI is InChI=1S/C10H15NO4/c1-15-7-8-3-2-6-11(8)9(12)4-5-10(13)14/h4-5,8H,2-3,6-7H2,1H3,(H,13,14)/b5-4+. The summed E-state index contributed by atoms with van der Waals surface area (Å²) in [5.41, 5.74) is 0. The maximum atomic E-state index is 11.6. The fraction of sp³-hybridized carbons (Fsp3) is 0.600. The first-order valence-corrected chi connectivity index (χ1v) is 4.85. The van der Waals surface area contributed by atoms with Crippen molar-refractivity contribution in [3.05, 3.63) is 12.2 Å². The van der Waals surface area contributed by atoms with E-state index in [1.165, 1.54) is 0 Å². The van der Waals surface area contributed by atoms with Gasteiger partial charge in [0, 0.05) is 25.8 Å². The van der Waals surface area contributed by atoms with Crippen molar-refractivity contribution in [1.82, 2.24) is 4.90 Å². The number of likely N-dealkylation sites (tertiary alicyclic amines) is 1. The molecular formula is C10H15NO4. The lowest BCUT2D eigenvalue weighted by molar-refractivity contribution is -0.132. The van der Waals surface area contributed by atoms with Crippen LogP contribution in [0.1, 0.15) is 12.8 Å². The van der Waals surface area contributed by atoms with Crippen molar-refractivity contribution in [3.8, 4) is 0 Å². The highest BCUT2D eigenvalue weighted by molar-refractivity contribution is 5.94. The van der Waals surface area contributed by atoms with Gasteiger partial charge in [-0.25, -0.2) is 4.79 Å². The van der Waals surface area contributed by atoms with Crippen LogP contribution < -0.4 is 0 Å². The van der Waals surface area contributed by atoms with Crippen molar-refractivity contribution in [2.75, 3.05) is 20.3 Å². The molecule has 5 heteroatoms. The van der Waals surface area contributed by atoms with Gasteiger partial charge in [-0.05, 0) is 12.8 Å². The average Bonchev–Trinajstić information content (AvgIpc) is 2.63. The summed E-state index contributed by atoms with van der Waals surface area (Å²) in [4.78, 5) is 23.5. The van der Waals surface area contributed by atoms with Gasteiger partial charge in [-0.15, -0.1) is 0 Å². The maximum absolute atomic E-state index is 11.6. The molecule has 5 nitrogen and oxygen atoms in total. The summed E-state index contributed by atoms with van der Waals surface area (Å²) in [7, 11) is 1.59. The second-order valence-electron chi connectivity index (χ2n) is 3.45. The highest BCUT2D eigenvalue weighted by Gasteiger charge is 2.27. The molecule has 0 aromatic rings. The molecule has 1 amide bonds. The highest BCUT2D eigenvalue weighted by Crippen LogP contribution is 2.17. The molecule has 0 aromatic carbocycles. The van der Waals surface area contributed by atoms with Gasteiger partial charge in [0.25, 0.3) is 0 Å². The third kappa shape index (κ3) is 3.36. The normalized spacial score (nSPS) is 21.1. The van der Waals surface area contributed by atoms with Crippen LogP contribution >= 0.6 is 0 Å². The Bertz CT molecular complexity index is 275. The van der Waals surface area contributed by atoms with Crippen molar-refractivity contribution < 1.29 is 19.4 Å². The molecule has 0 bridgehead atoms. The van der Waals surface area contributed by atoms with E-state index in [1.54, 1.807) is 12.0 Å². The number of nitrogens with zero attached hydrogens (tertiary/aromatic N) is 1. The zero-order chi connectivity index (χ0) is 11.3. The molecule has 0 radical (unpaired) electrons. The number of hydrogen-bond acceptors (Lipinski definition) is 3. The van der Waals surface area contributed by atoms with Gasteiger partial charge in [-0.2, -0.15) is 0 Å². The van der Waals surface area contributed by atoms with Crippen LogP contribution in [-0.2, 0) is 14.3 Å². The molecule has 84 valence electrons. The number of carbonyl (C=O) groups excluding carboxylic acids is 1. The smallest absolute Gasteiger partial charge is 0.328 e. The molecule has 1 unspecified atom stereocenters. The number of rotatable bonds is 4. The zero-order valence-corrected chi connectivity index (χ0v) is 8.68. The van der Waals surface area contributed by atoms with E-state index < -0.39 is 5.97 Å². The Morgan fingerprint density at radius 1 is 1.53 bits per heavy atom. The first-order chi connectivity index (χ1) is 7.15. The number of amides is 1. The van der Waals surface area contributed by atoms with Crippen LogP contribution in [0.4, 0.5) is 0 Å². The van der Waals surface area contributed by atoms with E-state index in [4.69, 9.17) is 9.84 Å². The Labute approximate surface area is 88.3 Å². The largest absolute Gasteiger partial charge is 0.478 e. The van der Waals surface area contributed by atoms with Gasteiger partial charge in [-0.1, -0.05) is 0 Å². The van der Waals surface area contributed by atoms with Crippen molar-refractivity contribution >= 4 is 11.9 Å². The summed E-state index contributed by atoms with van der Waals surface area (Å²) >= 11 is 0. The Morgan fingerprint density at radius 3 is 2.87 bits per heavy atom. The van der Waals surface area contributed by atoms with Gasteiger partial charge in [0.1, 0.15) is 0 Å². The van der Waals surface area contributed by atoms with Gasteiger partial charge in [0.15, 0.2) is 0 Å². The Kier molecular flexibility index (Phi) is 4.30. The first kappa shape index (κ1) is 11.7. The van der Waals surface area contributed by atoms with Gasteiger partial charge in [-0.3, -0.25) is 4.79 Å². The molecule has 1 fully saturated rings. The molecule has 1 saturated heterocycles. The van der Waals surface area contributed by atoms with Crippen LogP contribution in [0, 0.1) is 0 Å². The average molecular weight is 213 g/mol. The van der Waals surface area contributed by atoms with Crippen LogP contribution in [0.2, 0.25) is 0 Å². The van der Waals surface area contributed by atoms with Crippen LogP contribution in [0.15, 0.2) is 12.2 Å². The zero-order valence-electron chi connectivity index (χ0n) is 8.68. The predicted molar refractivity (Wildman–Crippen MR) is 53.4 cm³/mol. The molecule has 1 atom stereocenters. The van der Waals surface area contributed by atoms with Crippen LogP contribution in [0.3, 0.4) is 0 Å². The van der Waals surface area contributed by atoms with E-state index in [9.17, 15) is 9.59 Å². The SMILES string of the molecule is COCC1CCCN1C(=O)/C=C/C(=O)O. The molecule has 1 rings (SSSR count). The Morgan fingerprint density at radius 2 is 2.27 bits per heavy atom. The maximum Gasteiger partial charge on any atom is 0.328 e. The number of aliphatic carboxylic acids is 1. The quantitative estimate of drug-likeness (QED) is 0.680. The van der Waals surface area contributed by atoms with Gasteiger partial charge in [0.2, 0.25) is 5.91 Å². The minimum absolute atomic E-state index is 0.0842. The summed E-state index contributed by atoms with van der Waals surface area (Å²) in [6, 6.07) is 0.0842. The molecular weight excluding hydrogens is 198 g/mol. The monoisotopic (exact) mass is 213 g/mol. The first-order valence-electron chi connectivity index (χ1n) is 4.85. The van der Waals surface area contributed by atoms with E-state index in [1.807, 2.05) is 0 Å². The second-order valence-corrected chi connectivity index (χ2v) is 3.45. The number of carboxylic acid groups (broad SMARTS) is 1. The lowest BCUT2D eigenvalue weighted by Gasteiger charge is -2.22. The van der Waals surface area contributed by atoms with E-state index in [2.05, 4.69) is 0 Å². The summed E-state index contributed by atoms with van der Waals surface area (Å²) in [5.74, 6) is -1.36. The van der Waals surface area contributed by atoms with Gasteiger partial charge in [0.05, 0.1) is 12.6 Å². The Balaban J connectivity index is 2.54. The molecule has 1 N–H and O–H groups in total. The van der Waals surface area contributed by atoms with Crippen molar-refractivity contribution in [3.63, 3.8) is 0 Å². The summed E-state index contributed by atoms with van der Waals surface area (Å²) in [6.45, 7) is 1.18. The van der Waals surface area contributed by atoms with E-state index in [0.29, 0.717) is 13.2 Å². The van der Waals surface area contributed by atoms with E-state index in [-0.39, 0.29) is 11.9 Å². The molecule has 0 saturated carbocycles. The number of hydrogen-bond donors (Lipinski definition) is 1. The van der Waals surface area contributed by atoms with Crippen LogP contribution in [-0.4, -0.2) is 48.2 Å². The minimum atomic E-state index is -1.11. The fourth-order valence-electron chi connectivity index (χ4n) is 1.73. The van der Waals surface area contributed by atoms with Gasteiger partial charge >= 0.3 is 5.97 Å². The predicted octanol–water partition coefficient (Wildman–Crippen LogP) is 0.265. The van der Waals surface area contributed by atoms with E-state index in [0.717, 1.165) is 25.0 Å². The lowest BCUT2D eigenvalue weighted by Crippen LogP contribution is -2.37. The third-order valence-electron chi connectivity index (χ3n) is 2.39. The van der Waals surface area contributed by atoms with Crippen molar-refractivity contribution in [2.45, 2.75) is 18.9 Å². The van der Waals surface area contributed by atoms with Crippen molar-refractivity contribution in [1.29, 1.82) is 0 Å². The molecule has 1 aliphatic heterocycles. The van der Waals surface area contributed by atoms with Crippen LogP contribution in [0.25, 0.3) is 0 Å². The number of carboxylic acids is 1. The lowest BCUT2D eigenvalue weighted by atomic mass is 10.2. The molecule has 15 heavy (non-hydrogen) atoms. The highest BCUT2D eigenvalue weighted by atomic mass is 16.5. The van der Waals surface area contributed by atoms with E-state index >= 15 is 0 Å². The molecule has 0 spiro atoms. The number of methoxy groups -OCH3 is 1. The van der Waals surface area contributed by atoms with Crippen LogP contribution in [0.5, 0.6) is 0 Å². The third-order valence-corrected chi connectivity index (χ3v) is 2.39. The summed E-state index contributed by atoms with van der Waals surface area (Å²) < 4.78 is 5.00. The molecule has 1 heterocycles. The summed E-state index contributed by atoms with van der Waals surface area (Å²) in [5, 5.41) is 8.39. The topological polar surface area (TPSA) is 66.8 Å².